The Balaban J connectivity index is 1.80. The van der Waals surface area contributed by atoms with Crippen molar-refractivity contribution in [2.75, 3.05) is 45.3 Å². The quantitative estimate of drug-likeness (QED) is 0.752. The summed E-state index contributed by atoms with van der Waals surface area (Å²) in [5, 5.41) is 0. The molecule has 6 nitrogen and oxygen atoms in total. The Bertz CT molecular complexity index is 680. The molecule has 1 unspecified atom stereocenters. The minimum Gasteiger partial charge on any atom is -0.489 e. The second kappa shape index (κ2) is 7.94. The molecule has 1 atom stereocenters. The van der Waals surface area contributed by atoms with Crippen molar-refractivity contribution >= 4 is 15.7 Å². The van der Waals surface area contributed by atoms with Crippen LogP contribution in [0.2, 0.25) is 0 Å². The third kappa shape index (κ3) is 5.17. The molecule has 0 radical (unpaired) electrons. The van der Waals surface area contributed by atoms with Crippen LogP contribution in [0.3, 0.4) is 0 Å². The fourth-order valence-electron chi connectivity index (χ4n) is 2.52. The van der Waals surface area contributed by atoms with E-state index in [0.29, 0.717) is 13.1 Å². The number of sulfone groups is 1. The third-order valence-corrected chi connectivity index (χ3v) is 5.88. The molecular formula is C16H23FN2O4S. The van der Waals surface area contributed by atoms with E-state index in [4.69, 9.17) is 4.74 Å². The molecule has 0 bridgehead atoms. The summed E-state index contributed by atoms with van der Waals surface area (Å²) in [5.41, 5.74) is 0. The van der Waals surface area contributed by atoms with Gasteiger partial charge in [-0.25, -0.2) is 12.8 Å². The Kier molecular flexibility index (Phi) is 6.17. The second-order valence-corrected chi connectivity index (χ2v) is 8.28. The first-order valence-electron chi connectivity index (χ1n) is 7.80. The van der Waals surface area contributed by atoms with Gasteiger partial charge >= 0.3 is 0 Å². The van der Waals surface area contributed by atoms with Crippen LogP contribution in [0.4, 0.5) is 4.39 Å². The average Bonchev–Trinajstić information content (AvgIpc) is 2.52. The number of hydrogen-bond acceptors (Lipinski definition) is 5. The molecule has 8 heteroatoms. The fraction of sp³-hybridized carbons (Fsp3) is 0.562. The van der Waals surface area contributed by atoms with Crippen LogP contribution in [0.1, 0.15) is 6.42 Å². The predicted molar refractivity (Wildman–Crippen MR) is 89.2 cm³/mol. The Morgan fingerprint density at radius 3 is 2.83 bits per heavy atom. The molecule has 1 saturated heterocycles. The SMILES string of the molecule is CN(CCOc1ccccc1F)C(=O)CC1CS(=O)(=O)CCN1C. The van der Waals surface area contributed by atoms with Crippen LogP contribution in [-0.4, -0.2) is 75.5 Å². The topological polar surface area (TPSA) is 66.9 Å². The standard InChI is InChI=1S/C16H23FN2O4S/c1-18-8-10-24(21,22)12-13(18)11-16(20)19(2)7-9-23-15-6-4-3-5-14(15)17/h3-6,13H,7-12H2,1-2H3. The summed E-state index contributed by atoms with van der Waals surface area (Å²) in [7, 11) is 0.384. The minimum absolute atomic E-state index is 0.00874. The van der Waals surface area contributed by atoms with Crippen LogP contribution in [-0.2, 0) is 14.6 Å². The zero-order valence-corrected chi connectivity index (χ0v) is 14.8. The van der Waals surface area contributed by atoms with Crippen LogP contribution >= 0.6 is 0 Å². The van der Waals surface area contributed by atoms with Crippen LogP contribution < -0.4 is 4.74 Å². The Labute approximate surface area is 142 Å². The fourth-order valence-corrected chi connectivity index (χ4v) is 4.21. The minimum atomic E-state index is -3.07. The van der Waals surface area contributed by atoms with Crippen LogP contribution in [0.15, 0.2) is 24.3 Å². The van der Waals surface area contributed by atoms with Gasteiger partial charge in [-0.05, 0) is 19.2 Å². The molecule has 134 valence electrons. The van der Waals surface area contributed by atoms with Crippen molar-refractivity contribution in [3.63, 3.8) is 0 Å². The first-order chi connectivity index (χ1) is 11.3. The first-order valence-corrected chi connectivity index (χ1v) is 9.62. The number of amides is 1. The van der Waals surface area contributed by atoms with E-state index < -0.39 is 15.7 Å². The summed E-state index contributed by atoms with van der Waals surface area (Å²) in [6, 6.07) is 5.79. The summed E-state index contributed by atoms with van der Waals surface area (Å²) in [6.07, 6.45) is 0.145. The lowest BCUT2D eigenvalue weighted by atomic mass is 10.2. The lowest BCUT2D eigenvalue weighted by Gasteiger charge is -2.32. The maximum absolute atomic E-state index is 13.4. The third-order valence-electron chi connectivity index (χ3n) is 4.18. The summed E-state index contributed by atoms with van der Waals surface area (Å²) in [4.78, 5) is 15.6. The number of ether oxygens (including phenoxy) is 1. The predicted octanol–water partition coefficient (Wildman–Crippen LogP) is 0.782. The van der Waals surface area contributed by atoms with Gasteiger partial charge in [0.2, 0.25) is 5.91 Å². The van der Waals surface area contributed by atoms with Gasteiger partial charge in [-0.2, -0.15) is 0 Å². The van der Waals surface area contributed by atoms with Crippen molar-refractivity contribution in [2.45, 2.75) is 12.5 Å². The number of likely N-dealkylation sites (N-methyl/N-ethyl adjacent to an activating group) is 1. The molecule has 2 rings (SSSR count). The van der Waals surface area contributed by atoms with Crippen molar-refractivity contribution in [3.8, 4) is 5.75 Å². The monoisotopic (exact) mass is 358 g/mol. The normalized spacial score (nSPS) is 20.5. The number of hydrogen-bond donors (Lipinski definition) is 0. The molecule has 24 heavy (non-hydrogen) atoms. The van der Waals surface area contributed by atoms with Gasteiger partial charge in [0, 0.05) is 26.1 Å². The number of rotatable bonds is 6. The van der Waals surface area contributed by atoms with Gasteiger partial charge in [0.25, 0.3) is 0 Å². The van der Waals surface area contributed by atoms with E-state index in [1.165, 1.54) is 17.0 Å². The molecule has 1 amide bonds. The van der Waals surface area contributed by atoms with Crippen molar-refractivity contribution in [1.29, 1.82) is 0 Å². The molecule has 1 aliphatic heterocycles. The van der Waals surface area contributed by atoms with Gasteiger partial charge < -0.3 is 14.5 Å². The van der Waals surface area contributed by atoms with E-state index in [1.807, 2.05) is 11.9 Å². The molecule has 0 spiro atoms. The molecule has 0 aromatic heterocycles. The highest BCUT2D eigenvalue weighted by Gasteiger charge is 2.31. The van der Waals surface area contributed by atoms with E-state index in [1.54, 1.807) is 19.2 Å². The first kappa shape index (κ1) is 18.7. The highest BCUT2D eigenvalue weighted by atomic mass is 32.2. The van der Waals surface area contributed by atoms with E-state index >= 15 is 0 Å². The molecule has 0 saturated carbocycles. The number of para-hydroxylation sites is 1. The summed E-state index contributed by atoms with van der Waals surface area (Å²) >= 11 is 0. The van der Waals surface area contributed by atoms with Crippen molar-refractivity contribution in [2.24, 2.45) is 0 Å². The lowest BCUT2D eigenvalue weighted by Crippen LogP contribution is -2.48. The van der Waals surface area contributed by atoms with Gasteiger partial charge in [0.15, 0.2) is 21.4 Å². The molecule has 1 aromatic rings. The zero-order valence-electron chi connectivity index (χ0n) is 13.9. The number of carbonyl (C=O) groups excluding carboxylic acids is 1. The van der Waals surface area contributed by atoms with Gasteiger partial charge in [0.05, 0.1) is 18.1 Å². The molecule has 0 aliphatic carbocycles. The van der Waals surface area contributed by atoms with Crippen molar-refractivity contribution in [3.05, 3.63) is 30.1 Å². The summed E-state index contributed by atoms with van der Waals surface area (Å²) < 4.78 is 42.2. The maximum Gasteiger partial charge on any atom is 0.224 e. The maximum atomic E-state index is 13.4. The average molecular weight is 358 g/mol. The molecule has 1 aliphatic rings. The summed E-state index contributed by atoms with van der Waals surface area (Å²) in [6.45, 7) is 0.915. The van der Waals surface area contributed by atoms with E-state index in [-0.39, 0.29) is 42.2 Å². The van der Waals surface area contributed by atoms with E-state index in [9.17, 15) is 17.6 Å². The number of nitrogens with zero attached hydrogens (tertiary/aromatic N) is 2. The second-order valence-electron chi connectivity index (χ2n) is 6.05. The van der Waals surface area contributed by atoms with Crippen LogP contribution in [0, 0.1) is 5.82 Å². The highest BCUT2D eigenvalue weighted by Crippen LogP contribution is 2.16. The summed E-state index contributed by atoms with van der Waals surface area (Å²) in [5.74, 6) is -0.298. The van der Waals surface area contributed by atoms with Crippen molar-refractivity contribution in [1.82, 2.24) is 9.80 Å². The Hall–Kier alpha value is -1.67. The molecular weight excluding hydrogens is 335 g/mol. The van der Waals surface area contributed by atoms with Gasteiger partial charge in [-0.1, -0.05) is 12.1 Å². The Morgan fingerprint density at radius 1 is 1.42 bits per heavy atom. The molecule has 1 aromatic carbocycles. The van der Waals surface area contributed by atoms with Crippen molar-refractivity contribution < 1.29 is 22.3 Å². The van der Waals surface area contributed by atoms with Gasteiger partial charge in [0.1, 0.15) is 6.61 Å². The lowest BCUT2D eigenvalue weighted by molar-refractivity contribution is -0.131. The smallest absolute Gasteiger partial charge is 0.224 e. The zero-order chi connectivity index (χ0) is 17.7. The molecule has 1 heterocycles. The van der Waals surface area contributed by atoms with Crippen LogP contribution in [0.5, 0.6) is 5.75 Å². The highest BCUT2D eigenvalue weighted by molar-refractivity contribution is 7.91. The number of benzene rings is 1. The van der Waals surface area contributed by atoms with Crippen LogP contribution in [0.25, 0.3) is 0 Å². The number of halogens is 1. The van der Waals surface area contributed by atoms with E-state index in [2.05, 4.69) is 0 Å². The molecule has 0 N–H and O–H groups in total. The van der Waals surface area contributed by atoms with E-state index in [0.717, 1.165) is 0 Å². The Morgan fingerprint density at radius 2 is 2.12 bits per heavy atom. The van der Waals surface area contributed by atoms with Gasteiger partial charge in [-0.3, -0.25) is 4.79 Å². The molecule has 1 fully saturated rings. The van der Waals surface area contributed by atoms with Gasteiger partial charge in [-0.15, -0.1) is 0 Å². The largest absolute Gasteiger partial charge is 0.489 e. The number of carbonyl (C=O) groups is 1.